The molecule has 0 saturated carbocycles. The van der Waals surface area contributed by atoms with Crippen molar-refractivity contribution in [2.45, 2.75) is 51.8 Å². The van der Waals surface area contributed by atoms with Gasteiger partial charge in [-0.15, -0.1) is 0 Å². The molecule has 0 atom stereocenters. The Balaban J connectivity index is 1.71. The first-order valence-corrected chi connectivity index (χ1v) is 7.04. The van der Waals surface area contributed by atoms with E-state index in [1.807, 2.05) is 20.8 Å². The Labute approximate surface area is 119 Å². The Morgan fingerprint density at radius 2 is 2.20 bits per heavy atom. The fraction of sp³-hybridized carbons (Fsp3) is 0.714. The number of nitrogens with zero attached hydrogens (tertiary/aromatic N) is 2. The summed E-state index contributed by atoms with van der Waals surface area (Å²) in [7, 11) is 0. The van der Waals surface area contributed by atoms with Gasteiger partial charge in [0.2, 0.25) is 5.89 Å². The fourth-order valence-electron chi connectivity index (χ4n) is 2.16. The van der Waals surface area contributed by atoms with E-state index < -0.39 is 5.60 Å². The first-order valence-electron chi connectivity index (χ1n) is 7.04. The van der Waals surface area contributed by atoms with Gasteiger partial charge in [-0.2, -0.15) is 0 Å². The molecular weight excluding hydrogens is 258 g/mol. The number of ether oxygens (including phenoxy) is 1. The van der Waals surface area contributed by atoms with Crippen LogP contribution in [0.2, 0.25) is 0 Å². The van der Waals surface area contributed by atoms with Crippen molar-refractivity contribution in [3.8, 4) is 0 Å². The smallest absolute Gasteiger partial charge is 0.410 e. The van der Waals surface area contributed by atoms with E-state index in [-0.39, 0.29) is 6.09 Å². The highest BCUT2D eigenvalue weighted by Crippen LogP contribution is 2.15. The highest BCUT2D eigenvalue weighted by Gasteiger charge is 2.26. The van der Waals surface area contributed by atoms with E-state index in [1.54, 1.807) is 17.4 Å². The maximum absolute atomic E-state index is 11.9. The van der Waals surface area contributed by atoms with Gasteiger partial charge in [-0.05, 0) is 33.6 Å². The second kappa shape index (κ2) is 6.26. The molecule has 1 N–H and O–H groups in total. The number of oxazole rings is 1. The third kappa shape index (κ3) is 4.52. The predicted octanol–water partition coefficient (Wildman–Crippen LogP) is 2.16. The minimum atomic E-state index is -0.433. The van der Waals surface area contributed by atoms with Gasteiger partial charge in [-0.1, -0.05) is 0 Å². The average Bonchev–Trinajstić information content (AvgIpc) is 2.88. The largest absolute Gasteiger partial charge is 0.448 e. The minimum absolute atomic E-state index is 0.219. The molecule has 6 heteroatoms. The Morgan fingerprint density at radius 3 is 2.75 bits per heavy atom. The van der Waals surface area contributed by atoms with Crippen LogP contribution in [-0.4, -0.2) is 40.7 Å². The van der Waals surface area contributed by atoms with Gasteiger partial charge < -0.3 is 19.4 Å². The Kier molecular flexibility index (Phi) is 4.65. The molecule has 1 fully saturated rings. The molecule has 0 aliphatic carbocycles. The summed E-state index contributed by atoms with van der Waals surface area (Å²) >= 11 is 0. The normalized spacial score (nSPS) is 17.2. The molecule has 2 rings (SSSR count). The zero-order chi connectivity index (χ0) is 14.6. The van der Waals surface area contributed by atoms with Gasteiger partial charge in [0.05, 0.1) is 12.7 Å². The van der Waals surface area contributed by atoms with Crippen LogP contribution in [0.4, 0.5) is 4.79 Å². The van der Waals surface area contributed by atoms with Crippen LogP contribution in [0.3, 0.4) is 0 Å². The SMILES string of the molecule is CC(C)(C)OC(=O)N1CCC(NCc2ncco2)CC1. The molecule has 1 aromatic rings. The number of piperidine rings is 1. The topological polar surface area (TPSA) is 67.6 Å². The number of aromatic nitrogens is 1. The van der Waals surface area contributed by atoms with E-state index >= 15 is 0 Å². The van der Waals surface area contributed by atoms with Gasteiger partial charge in [-0.25, -0.2) is 9.78 Å². The molecule has 1 amide bonds. The number of amides is 1. The van der Waals surface area contributed by atoms with Gasteiger partial charge >= 0.3 is 6.09 Å². The van der Waals surface area contributed by atoms with Gasteiger partial charge in [0, 0.05) is 19.1 Å². The molecule has 1 aliphatic heterocycles. The Hall–Kier alpha value is -1.56. The summed E-state index contributed by atoms with van der Waals surface area (Å²) in [5.74, 6) is 0.694. The van der Waals surface area contributed by atoms with Crippen molar-refractivity contribution in [3.05, 3.63) is 18.4 Å². The van der Waals surface area contributed by atoms with Gasteiger partial charge in [0.15, 0.2) is 0 Å². The first kappa shape index (κ1) is 14.8. The minimum Gasteiger partial charge on any atom is -0.448 e. The maximum atomic E-state index is 11.9. The van der Waals surface area contributed by atoms with Crippen molar-refractivity contribution in [1.82, 2.24) is 15.2 Å². The van der Waals surface area contributed by atoms with Crippen molar-refractivity contribution < 1.29 is 13.9 Å². The van der Waals surface area contributed by atoms with E-state index in [1.165, 1.54) is 0 Å². The summed E-state index contributed by atoms with van der Waals surface area (Å²) < 4.78 is 10.6. The third-order valence-corrected chi connectivity index (χ3v) is 3.17. The van der Waals surface area contributed by atoms with Crippen LogP contribution in [0.25, 0.3) is 0 Å². The van der Waals surface area contributed by atoms with Crippen molar-refractivity contribution in [3.63, 3.8) is 0 Å². The quantitative estimate of drug-likeness (QED) is 0.919. The van der Waals surface area contributed by atoms with Crippen molar-refractivity contribution in [1.29, 1.82) is 0 Å². The predicted molar refractivity (Wildman–Crippen MR) is 74.2 cm³/mol. The Bertz CT molecular complexity index is 417. The number of carbonyl (C=O) groups excluding carboxylic acids is 1. The van der Waals surface area contributed by atoms with Crippen LogP contribution in [0.15, 0.2) is 16.9 Å². The molecule has 1 saturated heterocycles. The summed E-state index contributed by atoms with van der Waals surface area (Å²) in [6.45, 7) is 7.72. The number of nitrogens with one attached hydrogen (secondary N) is 1. The van der Waals surface area contributed by atoms with E-state index in [4.69, 9.17) is 9.15 Å². The molecule has 0 bridgehead atoms. The monoisotopic (exact) mass is 281 g/mol. The molecule has 1 aromatic heterocycles. The number of likely N-dealkylation sites (tertiary alicyclic amines) is 1. The number of carbonyl (C=O) groups is 1. The van der Waals surface area contributed by atoms with Crippen LogP contribution in [0, 0.1) is 0 Å². The zero-order valence-corrected chi connectivity index (χ0v) is 12.4. The molecule has 6 nitrogen and oxygen atoms in total. The molecule has 20 heavy (non-hydrogen) atoms. The summed E-state index contributed by atoms with van der Waals surface area (Å²) in [4.78, 5) is 17.8. The molecule has 0 radical (unpaired) electrons. The molecule has 112 valence electrons. The van der Waals surface area contributed by atoms with E-state index in [9.17, 15) is 4.79 Å². The van der Waals surface area contributed by atoms with Crippen LogP contribution in [-0.2, 0) is 11.3 Å². The zero-order valence-electron chi connectivity index (χ0n) is 12.4. The fourth-order valence-corrected chi connectivity index (χ4v) is 2.16. The van der Waals surface area contributed by atoms with Crippen LogP contribution >= 0.6 is 0 Å². The second-order valence-electron chi connectivity index (χ2n) is 6.05. The van der Waals surface area contributed by atoms with Gasteiger partial charge in [-0.3, -0.25) is 0 Å². The summed E-state index contributed by atoms with van der Waals surface area (Å²) in [6, 6.07) is 0.389. The van der Waals surface area contributed by atoms with Gasteiger partial charge in [0.1, 0.15) is 11.9 Å². The van der Waals surface area contributed by atoms with Gasteiger partial charge in [0.25, 0.3) is 0 Å². The summed E-state index contributed by atoms with van der Waals surface area (Å²) in [6.07, 6.45) is 4.83. The molecule has 1 aliphatic rings. The van der Waals surface area contributed by atoms with Crippen LogP contribution in [0.1, 0.15) is 39.5 Å². The lowest BCUT2D eigenvalue weighted by Gasteiger charge is -2.33. The van der Waals surface area contributed by atoms with E-state index in [2.05, 4.69) is 10.3 Å². The van der Waals surface area contributed by atoms with Crippen LogP contribution in [0.5, 0.6) is 0 Å². The van der Waals surface area contributed by atoms with Crippen molar-refractivity contribution in [2.75, 3.05) is 13.1 Å². The summed E-state index contributed by atoms with van der Waals surface area (Å²) in [5.41, 5.74) is -0.433. The Morgan fingerprint density at radius 1 is 1.50 bits per heavy atom. The molecular formula is C14H23N3O3. The molecule has 2 heterocycles. The third-order valence-electron chi connectivity index (χ3n) is 3.17. The lowest BCUT2D eigenvalue weighted by molar-refractivity contribution is 0.0197. The highest BCUT2D eigenvalue weighted by atomic mass is 16.6. The molecule has 0 spiro atoms. The number of hydrogen-bond acceptors (Lipinski definition) is 5. The lowest BCUT2D eigenvalue weighted by atomic mass is 10.1. The van der Waals surface area contributed by atoms with Crippen molar-refractivity contribution in [2.24, 2.45) is 0 Å². The first-order chi connectivity index (χ1) is 9.44. The molecule has 0 aromatic carbocycles. The van der Waals surface area contributed by atoms with E-state index in [0.29, 0.717) is 18.5 Å². The lowest BCUT2D eigenvalue weighted by Crippen LogP contribution is -2.46. The second-order valence-corrected chi connectivity index (χ2v) is 6.05. The van der Waals surface area contributed by atoms with Crippen LogP contribution < -0.4 is 5.32 Å². The number of hydrogen-bond donors (Lipinski definition) is 1. The summed E-state index contributed by atoms with van der Waals surface area (Å²) in [5, 5.41) is 3.40. The molecule has 0 unspecified atom stereocenters. The maximum Gasteiger partial charge on any atom is 0.410 e. The van der Waals surface area contributed by atoms with E-state index in [0.717, 1.165) is 25.9 Å². The average molecular weight is 281 g/mol. The standard InChI is InChI=1S/C14H23N3O3/c1-14(2,3)20-13(18)17-7-4-11(5-8-17)16-10-12-15-6-9-19-12/h6,9,11,16H,4-5,7-8,10H2,1-3H3. The number of rotatable bonds is 3. The highest BCUT2D eigenvalue weighted by molar-refractivity contribution is 5.68. The van der Waals surface area contributed by atoms with Crippen molar-refractivity contribution >= 4 is 6.09 Å².